The molecule has 0 amide bonds. The van der Waals surface area contributed by atoms with Crippen LogP contribution in [0.3, 0.4) is 0 Å². The number of rotatable bonds is 2. The lowest BCUT2D eigenvalue weighted by Gasteiger charge is -2.01. The number of nitrogens with zero attached hydrogens (tertiary/aromatic N) is 1. The fourth-order valence-electron chi connectivity index (χ4n) is 1.09. The molecule has 0 aliphatic rings. The second-order valence-corrected chi connectivity index (χ2v) is 3.14. The van der Waals surface area contributed by atoms with E-state index in [0.29, 0.717) is 6.42 Å². The summed E-state index contributed by atoms with van der Waals surface area (Å²) < 4.78 is 0. The first-order valence-electron chi connectivity index (χ1n) is 4.04. The molecule has 0 bridgehead atoms. The Morgan fingerprint density at radius 2 is 2.31 bits per heavy atom. The van der Waals surface area contributed by atoms with E-state index in [2.05, 4.69) is 0 Å². The molecule has 0 aliphatic heterocycles. The van der Waals surface area contributed by atoms with E-state index >= 15 is 0 Å². The first kappa shape index (κ1) is 9.83. The largest absolute Gasteiger partial charge is 0.198 e. The second kappa shape index (κ2) is 4.69. The first-order valence-corrected chi connectivity index (χ1v) is 4.42. The van der Waals surface area contributed by atoms with Gasteiger partial charge in [0.25, 0.3) is 0 Å². The number of benzene rings is 1. The lowest BCUT2D eigenvalue weighted by Crippen LogP contribution is -1.80. The van der Waals surface area contributed by atoms with Crippen molar-refractivity contribution < 1.29 is 0 Å². The number of halogens is 1. The van der Waals surface area contributed by atoms with Gasteiger partial charge in [0.1, 0.15) is 0 Å². The van der Waals surface area contributed by atoms with E-state index in [9.17, 15) is 0 Å². The molecule has 0 N–H and O–H groups in total. The van der Waals surface area contributed by atoms with Crippen LogP contribution in [0.2, 0.25) is 5.02 Å². The van der Waals surface area contributed by atoms with Gasteiger partial charge in [-0.2, -0.15) is 5.26 Å². The molecular formula is C11H10ClN. The molecule has 66 valence electrons. The minimum atomic E-state index is 0.421. The van der Waals surface area contributed by atoms with Crippen LogP contribution in [0.5, 0.6) is 0 Å². The predicted octanol–water partition coefficient (Wildman–Crippen LogP) is 3.58. The van der Waals surface area contributed by atoms with Crippen LogP contribution in [0, 0.1) is 18.3 Å². The summed E-state index contributed by atoms with van der Waals surface area (Å²) in [6, 6.07) is 7.81. The van der Waals surface area contributed by atoms with E-state index in [1.165, 1.54) is 0 Å². The Bertz CT molecular complexity index is 341. The highest BCUT2D eigenvalue weighted by molar-refractivity contribution is 6.32. The number of allylic oxidation sites excluding steroid dienone is 1. The average Bonchev–Trinajstić information content (AvgIpc) is 2.10. The van der Waals surface area contributed by atoms with Crippen molar-refractivity contribution in [3.63, 3.8) is 0 Å². The molecule has 0 saturated carbocycles. The number of nitriles is 1. The topological polar surface area (TPSA) is 23.8 Å². The van der Waals surface area contributed by atoms with Gasteiger partial charge in [-0.1, -0.05) is 35.9 Å². The summed E-state index contributed by atoms with van der Waals surface area (Å²) in [5.74, 6) is 0. The Morgan fingerprint density at radius 3 is 2.92 bits per heavy atom. The predicted molar refractivity (Wildman–Crippen MR) is 55.5 cm³/mol. The molecule has 1 nitrogen and oxygen atoms in total. The van der Waals surface area contributed by atoms with Gasteiger partial charge in [-0.25, -0.2) is 0 Å². The summed E-state index contributed by atoms with van der Waals surface area (Å²) in [6.07, 6.45) is 4.12. The van der Waals surface area contributed by atoms with Crippen molar-refractivity contribution in [3.8, 4) is 6.07 Å². The molecule has 1 rings (SSSR count). The van der Waals surface area contributed by atoms with Gasteiger partial charge in [-0.3, -0.25) is 0 Å². The van der Waals surface area contributed by atoms with Crippen LogP contribution in [0.25, 0.3) is 6.08 Å². The maximum Gasteiger partial charge on any atom is 0.0663 e. The normalized spacial score (nSPS) is 10.2. The Hall–Kier alpha value is -1.26. The van der Waals surface area contributed by atoms with E-state index < -0.39 is 0 Å². The van der Waals surface area contributed by atoms with Crippen LogP contribution in [-0.4, -0.2) is 0 Å². The van der Waals surface area contributed by atoms with Crippen molar-refractivity contribution >= 4 is 17.7 Å². The quantitative estimate of drug-likeness (QED) is 0.701. The van der Waals surface area contributed by atoms with E-state index in [1.54, 1.807) is 0 Å². The number of hydrogen-bond donors (Lipinski definition) is 0. The van der Waals surface area contributed by atoms with Gasteiger partial charge >= 0.3 is 0 Å². The van der Waals surface area contributed by atoms with Crippen LogP contribution in [0.1, 0.15) is 17.5 Å². The molecular weight excluding hydrogens is 182 g/mol. The lowest BCUT2D eigenvalue weighted by molar-refractivity contribution is 1.36. The van der Waals surface area contributed by atoms with Crippen LogP contribution < -0.4 is 0 Å². The van der Waals surface area contributed by atoms with Crippen molar-refractivity contribution in [3.05, 3.63) is 40.4 Å². The third kappa shape index (κ3) is 2.61. The van der Waals surface area contributed by atoms with Gasteiger partial charge in [0, 0.05) is 5.02 Å². The molecule has 0 heterocycles. The molecule has 0 aromatic heterocycles. The average molecular weight is 192 g/mol. The Labute approximate surface area is 83.3 Å². The molecule has 0 spiro atoms. The number of aryl methyl sites for hydroxylation is 1. The van der Waals surface area contributed by atoms with Crippen LogP contribution >= 0.6 is 11.6 Å². The molecule has 1 aromatic carbocycles. The summed E-state index contributed by atoms with van der Waals surface area (Å²) >= 11 is 5.97. The van der Waals surface area contributed by atoms with Crippen LogP contribution in [0.4, 0.5) is 0 Å². The summed E-state index contributed by atoms with van der Waals surface area (Å²) in [5, 5.41) is 9.08. The lowest BCUT2D eigenvalue weighted by atomic mass is 10.1. The van der Waals surface area contributed by atoms with Crippen molar-refractivity contribution in [1.82, 2.24) is 0 Å². The molecule has 0 unspecified atom stereocenters. The molecule has 0 fully saturated rings. The monoisotopic (exact) mass is 191 g/mol. The van der Waals surface area contributed by atoms with Crippen molar-refractivity contribution in [2.75, 3.05) is 0 Å². The van der Waals surface area contributed by atoms with E-state index in [4.69, 9.17) is 16.9 Å². The number of hydrogen-bond acceptors (Lipinski definition) is 1. The molecule has 0 saturated heterocycles. The van der Waals surface area contributed by atoms with E-state index in [-0.39, 0.29) is 0 Å². The minimum Gasteiger partial charge on any atom is -0.198 e. The maximum absolute atomic E-state index is 8.35. The Morgan fingerprint density at radius 1 is 1.54 bits per heavy atom. The second-order valence-electron chi connectivity index (χ2n) is 2.74. The molecule has 0 radical (unpaired) electrons. The highest BCUT2D eigenvalue weighted by atomic mass is 35.5. The Kier molecular flexibility index (Phi) is 3.54. The van der Waals surface area contributed by atoms with Crippen molar-refractivity contribution in [2.24, 2.45) is 0 Å². The Balaban J connectivity index is 2.94. The van der Waals surface area contributed by atoms with E-state index in [0.717, 1.165) is 16.1 Å². The molecule has 0 atom stereocenters. The van der Waals surface area contributed by atoms with E-state index in [1.807, 2.05) is 43.3 Å². The summed E-state index contributed by atoms with van der Waals surface area (Å²) in [4.78, 5) is 0. The maximum atomic E-state index is 8.35. The molecule has 2 heteroatoms. The van der Waals surface area contributed by atoms with Gasteiger partial charge in [0.15, 0.2) is 0 Å². The highest BCUT2D eigenvalue weighted by Crippen LogP contribution is 2.20. The fraction of sp³-hybridized carbons (Fsp3) is 0.182. The summed E-state index contributed by atoms with van der Waals surface area (Å²) in [7, 11) is 0. The van der Waals surface area contributed by atoms with Crippen LogP contribution in [0.15, 0.2) is 24.3 Å². The molecule has 1 aromatic rings. The van der Waals surface area contributed by atoms with Gasteiger partial charge in [-0.05, 0) is 24.1 Å². The van der Waals surface area contributed by atoms with Gasteiger partial charge < -0.3 is 0 Å². The third-order valence-electron chi connectivity index (χ3n) is 1.76. The zero-order chi connectivity index (χ0) is 9.68. The standard InChI is InChI=1S/C11H10ClN/c1-9-5-4-7-11(12)10(9)6-2-3-8-13/h2,4-7H,3H2,1H3. The smallest absolute Gasteiger partial charge is 0.0663 e. The first-order chi connectivity index (χ1) is 6.25. The van der Waals surface area contributed by atoms with Gasteiger partial charge in [0.05, 0.1) is 12.5 Å². The zero-order valence-electron chi connectivity index (χ0n) is 7.42. The molecule has 13 heavy (non-hydrogen) atoms. The fourth-order valence-corrected chi connectivity index (χ4v) is 1.37. The van der Waals surface area contributed by atoms with Gasteiger partial charge in [0.2, 0.25) is 0 Å². The van der Waals surface area contributed by atoms with Crippen molar-refractivity contribution in [1.29, 1.82) is 5.26 Å². The minimum absolute atomic E-state index is 0.421. The summed E-state index contributed by atoms with van der Waals surface area (Å²) in [6.45, 7) is 2.00. The van der Waals surface area contributed by atoms with Crippen LogP contribution in [-0.2, 0) is 0 Å². The van der Waals surface area contributed by atoms with Gasteiger partial charge in [-0.15, -0.1) is 0 Å². The molecule has 0 aliphatic carbocycles. The zero-order valence-corrected chi connectivity index (χ0v) is 8.17. The third-order valence-corrected chi connectivity index (χ3v) is 2.09. The highest BCUT2D eigenvalue weighted by Gasteiger charge is 1.97. The summed E-state index contributed by atoms with van der Waals surface area (Å²) in [5.41, 5.74) is 2.13. The van der Waals surface area contributed by atoms with Crippen molar-refractivity contribution in [2.45, 2.75) is 13.3 Å². The SMILES string of the molecule is Cc1cccc(Cl)c1C=CCC#N.